The van der Waals surface area contributed by atoms with E-state index in [0.29, 0.717) is 17.4 Å². The second-order valence-electron chi connectivity index (χ2n) is 4.93. The minimum Gasteiger partial charge on any atom is -0.356 e. The number of hydrogen-bond acceptors (Lipinski definition) is 3. The standard InChI is InChI=1S/C16H16N2O2/c1-4-12-15-14(20-17-12)9-13(18(3)16(15)19)11-8-6-5-7-10(11)2/h5-9H,4H2,1-3H3. The molecule has 3 aromatic rings. The summed E-state index contributed by atoms with van der Waals surface area (Å²) < 4.78 is 6.98. The van der Waals surface area contributed by atoms with Gasteiger partial charge in [0.2, 0.25) is 0 Å². The van der Waals surface area contributed by atoms with E-state index in [1.165, 1.54) is 0 Å². The van der Waals surface area contributed by atoms with Crippen molar-refractivity contribution in [2.24, 2.45) is 7.05 Å². The number of nitrogens with zero attached hydrogens (tertiary/aromatic N) is 2. The van der Waals surface area contributed by atoms with Crippen LogP contribution in [0.1, 0.15) is 18.2 Å². The summed E-state index contributed by atoms with van der Waals surface area (Å²) in [5, 5.41) is 4.57. The molecular weight excluding hydrogens is 252 g/mol. The van der Waals surface area contributed by atoms with Crippen LogP contribution >= 0.6 is 0 Å². The largest absolute Gasteiger partial charge is 0.356 e. The molecule has 0 unspecified atom stereocenters. The molecule has 1 aromatic carbocycles. The monoisotopic (exact) mass is 268 g/mol. The van der Waals surface area contributed by atoms with Gasteiger partial charge in [-0.15, -0.1) is 0 Å². The summed E-state index contributed by atoms with van der Waals surface area (Å²) in [4.78, 5) is 12.5. The zero-order valence-electron chi connectivity index (χ0n) is 11.8. The third kappa shape index (κ3) is 1.76. The van der Waals surface area contributed by atoms with Crippen molar-refractivity contribution in [1.82, 2.24) is 9.72 Å². The van der Waals surface area contributed by atoms with Crippen LogP contribution < -0.4 is 5.56 Å². The molecule has 0 aliphatic heterocycles. The van der Waals surface area contributed by atoms with Crippen LogP contribution in [0.3, 0.4) is 0 Å². The topological polar surface area (TPSA) is 48.0 Å². The molecule has 3 rings (SSSR count). The Bertz CT molecular complexity index is 843. The molecule has 2 aromatic heterocycles. The summed E-state index contributed by atoms with van der Waals surface area (Å²) >= 11 is 0. The van der Waals surface area contributed by atoms with Gasteiger partial charge < -0.3 is 9.09 Å². The van der Waals surface area contributed by atoms with Crippen LogP contribution in [-0.2, 0) is 13.5 Å². The number of aryl methyl sites for hydroxylation is 2. The van der Waals surface area contributed by atoms with Gasteiger partial charge in [-0.2, -0.15) is 0 Å². The van der Waals surface area contributed by atoms with Gasteiger partial charge in [-0.25, -0.2) is 0 Å². The number of rotatable bonds is 2. The predicted molar refractivity (Wildman–Crippen MR) is 78.8 cm³/mol. The maximum atomic E-state index is 12.5. The first-order valence-corrected chi connectivity index (χ1v) is 6.67. The lowest BCUT2D eigenvalue weighted by Crippen LogP contribution is -2.19. The van der Waals surface area contributed by atoms with Gasteiger partial charge in [-0.05, 0) is 18.9 Å². The molecule has 0 aliphatic carbocycles. The third-order valence-corrected chi connectivity index (χ3v) is 3.69. The molecule has 4 nitrogen and oxygen atoms in total. The smallest absolute Gasteiger partial charge is 0.263 e. The van der Waals surface area contributed by atoms with E-state index in [1.807, 2.05) is 44.2 Å². The van der Waals surface area contributed by atoms with Gasteiger partial charge in [0.25, 0.3) is 5.56 Å². The fourth-order valence-corrected chi connectivity index (χ4v) is 2.52. The van der Waals surface area contributed by atoms with Crippen LogP contribution in [0.4, 0.5) is 0 Å². The van der Waals surface area contributed by atoms with Gasteiger partial charge in [0.05, 0.1) is 11.4 Å². The summed E-state index contributed by atoms with van der Waals surface area (Å²) in [5.74, 6) is 0. The highest BCUT2D eigenvalue weighted by atomic mass is 16.5. The molecule has 0 saturated heterocycles. The van der Waals surface area contributed by atoms with Gasteiger partial charge in [0.15, 0.2) is 5.58 Å². The number of fused-ring (bicyclic) bond motifs is 1. The molecule has 0 aliphatic rings. The van der Waals surface area contributed by atoms with Crippen LogP contribution in [0.25, 0.3) is 22.2 Å². The Morgan fingerprint density at radius 1 is 1.30 bits per heavy atom. The van der Waals surface area contributed by atoms with Crippen LogP contribution in [0, 0.1) is 6.92 Å². The van der Waals surface area contributed by atoms with Crippen LogP contribution in [-0.4, -0.2) is 9.72 Å². The van der Waals surface area contributed by atoms with Gasteiger partial charge in [0.1, 0.15) is 5.39 Å². The molecule has 2 heterocycles. The maximum absolute atomic E-state index is 12.5. The average Bonchev–Trinajstić information content (AvgIpc) is 2.87. The quantitative estimate of drug-likeness (QED) is 0.717. The van der Waals surface area contributed by atoms with E-state index >= 15 is 0 Å². The second-order valence-corrected chi connectivity index (χ2v) is 4.93. The molecule has 0 spiro atoms. The number of aromatic nitrogens is 2. The van der Waals surface area contributed by atoms with Gasteiger partial charge in [-0.1, -0.05) is 36.3 Å². The molecule has 0 bridgehead atoms. The van der Waals surface area contributed by atoms with Gasteiger partial charge in [0, 0.05) is 18.7 Å². The minimum atomic E-state index is -0.0566. The molecule has 20 heavy (non-hydrogen) atoms. The Morgan fingerprint density at radius 2 is 2.05 bits per heavy atom. The molecule has 4 heteroatoms. The average molecular weight is 268 g/mol. The van der Waals surface area contributed by atoms with Gasteiger partial charge in [-0.3, -0.25) is 4.79 Å². The zero-order chi connectivity index (χ0) is 14.3. The van der Waals surface area contributed by atoms with Crippen molar-refractivity contribution in [3.05, 3.63) is 51.9 Å². The molecule has 0 N–H and O–H groups in total. The Morgan fingerprint density at radius 3 is 2.75 bits per heavy atom. The number of benzene rings is 1. The van der Waals surface area contributed by atoms with E-state index in [0.717, 1.165) is 22.5 Å². The highest BCUT2D eigenvalue weighted by Gasteiger charge is 2.16. The first-order chi connectivity index (χ1) is 9.63. The van der Waals surface area contributed by atoms with Gasteiger partial charge >= 0.3 is 0 Å². The van der Waals surface area contributed by atoms with Crippen molar-refractivity contribution in [3.8, 4) is 11.3 Å². The molecular formula is C16H16N2O2. The molecule has 102 valence electrons. The third-order valence-electron chi connectivity index (χ3n) is 3.69. The summed E-state index contributed by atoms with van der Waals surface area (Å²) in [6.45, 7) is 3.99. The van der Waals surface area contributed by atoms with Crippen molar-refractivity contribution in [2.75, 3.05) is 0 Å². The zero-order valence-corrected chi connectivity index (χ0v) is 11.8. The van der Waals surface area contributed by atoms with E-state index in [1.54, 1.807) is 11.6 Å². The Labute approximate surface area is 116 Å². The van der Waals surface area contributed by atoms with Crippen molar-refractivity contribution in [1.29, 1.82) is 0 Å². The SMILES string of the molecule is CCc1noc2cc(-c3ccccc3C)n(C)c(=O)c12. The number of pyridine rings is 1. The molecule has 0 atom stereocenters. The van der Waals surface area contributed by atoms with E-state index in [9.17, 15) is 4.79 Å². The second kappa shape index (κ2) is 4.63. The number of hydrogen-bond donors (Lipinski definition) is 0. The lowest BCUT2D eigenvalue weighted by molar-refractivity contribution is 0.447. The molecule has 0 radical (unpaired) electrons. The summed E-state index contributed by atoms with van der Waals surface area (Å²) in [6.07, 6.45) is 0.686. The lowest BCUT2D eigenvalue weighted by atomic mass is 10.0. The van der Waals surface area contributed by atoms with Crippen molar-refractivity contribution >= 4 is 11.0 Å². The summed E-state index contributed by atoms with van der Waals surface area (Å²) in [5.41, 5.74) is 4.22. The van der Waals surface area contributed by atoms with Crippen molar-refractivity contribution in [3.63, 3.8) is 0 Å². The Hall–Kier alpha value is -2.36. The predicted octanol–water partition coefficient (Wildman–Crippen LogP) is 3.06. The Kier molecular flexibility index (Phi) is 2.93. The van der Waals surface area contributed by atoms with E-state index < -0.39 is 0 Å². The van der Waals surface area contributed by atoms with Crippen LogP contribution in [0.15, 0.2) is 39.6 Å². The molecule has 0 fully saturated rings. The first kappa shape index (κ1) is 12.7. The Balaban J connectivity index is 2.37. The molecule has 0 saturated carbocycles. The van der Waals surface area contributed by atoms with Crippen LogP contribution in [0.2, 0.25) is 0 Å². The lowest BCUT2D eigenvalue weighted by Gasteiger charge is -2.10. The summed E-state index contributed by atoms with van der Waals surface area (Å²) in [6, 6.07) is 9.88. The summed E-state index contributed by atoms with van der Waals surface area (Å²) in [7, 11) is 1.79. The van der Waals surface area contributed by atoms with E-state index in [4.69, 9.17) is 4.52 Å². The van der Waals surface area contributed by atoms with Crippen molar-refractivity contribution < 1.29 is 4.52 Å². The normalized spacial score (nSPS) is 11.2. The van der Waals surface area contributed by atoms with E-state index in [2.05, 4.69) is 5.16 Å². The fraction of sp³-hybridized carbons (Fsp3) is 0.250. The highest BCUT2D eigenvalue weighted by molar-refractivity contribution is 5.83. The highest BCUT2D eigenvalue weighted by Crippen LogP contribution is 2.25. The molecule has 0 amide bonds. The maximum Gasteiger partial charge on any atom is 0.263 e. The van der Waals surface area contributed by atoms with Crippen LogP contribution in [0.5, 0.6) is 0 Å². The first-order valence-electron chi connectivity index (χ1n) is 6.67. The minimum absolute atomic E-state index is 0.0566. The van der Waals surface area contributed by atoms with Crippen molar-refractivity contribution in [2.45, 2.75) is 20.3 Å². The van der Waals surface area contributed by atoms with E-state index in [-0.39, 0.29) is 5.56 Å². The fourth-order valence-electron chi connectivity index (χ4n) is 2.52.